The fraction of sp³-hybridized carbons (Fsp3) is 0.462. The van der Waals surface area contributed by atoms with Crippen molar-refractivity contribution < 1.29 is 9.53 Å². The molecule has 0 aliphatic heterocycles. The number of rotatable bonds is 6. The highest BCUT2D eigenvalue weighted by Gasteiger charge is 2.20. The molecular weight excluding hydrogens is 296 g/mol. The van der Waals surface area contributed by atoms with Crippen LogP contribution < -0.4 is 15.4 Å². The van der Waals surface area contributed by atoms with Gasteiger partial charge < -0.3 is 15.4 Å². The topological polar surface area (TPSA) is 50.4 Å². The zero-order valence-corrected chi connectivity index (χ0v) is 11.9. The van der Waals surface area contributed by atoms with Crippen molar-refractivity contribution in [3.05, 3.63) is 22.7 Å². The predicted octanol–water partition coefficient (Wildman–Crippen LogP) is 2.40. The number of amides is 1. The molecule has 0 unspecified atom stereocenters. The maximum absolute atomic E-state index is 11.7. The summed E-state index contributed by atoms with van der Waals surface area (Å²) < 4.78 is 6.02. The molecule has 0 saturated heterocycles. The monoisotopic (exact) mass is 312 g/mol. The first-order chi connectivity index (χ1) is 8.67. The van der Waals surface area contributed by atoms with E-state index in [4.69, 9.17) is 4.74 Å². The van der Waals surface area contributed by atoms with Gasteiger partial charge in [-0.2, -0.15) is 0 Å². The fourth-order valence-corrected chi connectivity index (χ4v) is 2.14. The summed E-state index contributed by atoms with van der Waals surface area (Å²) in [6, 6.07) is 5.49. The van der Waals surface area contributed by atoms with E-state index in [0.29, 0.717) is 12.3 Å². The van der Waals surface area contributed by atoms with Gasteiger partial charge in [-0.3, -0.25) is 4.79 Å². The van der Waals surface area contributed by atoms with Crippen molar-refractivity contribution in [3.63, 3.8) is 0 Å². The first-order valence-electron chi connectivity index (χ1n) is 6.02. The minimum Gasteiger partial charge on any atom is -0.497 e. The van der Waals surface area contributed by atoms with Crippen molar-refractivity contribution in [2.75, 3.05) is 25.5 Å². The Kier molecular flexibility index (Phi) is 4.60. The molecule has 98 valence electrons. The van der Waals surface area contributed by atoms with Crippen LogP contribution in [0.15, 0.2) is 22.7 Å². The average molecular weight is 313 g/mol. The van der Waals surface area contributed by atoms with Gasteiger partial charge in [0.15, 0.2) is 0 Å². The van der Waals surface area contributed by atoms with Crippen molar-refractivity contribution in [3.8, 4) is 5.75 Å². The Morgan fingerprint density at radius 1 is 1.44 bits per heavy atom. The molecule has 1 aliphatic carbocycles. The van der Waals surface area contributed by atoms with E-state index in [1.165, 1.54) is 12.8 Å². The number of ether oxygens (including phenoxy) is 1. The van der Waals surface area contributed by atoms with Crippen molar-refractivity contribution in [1.29, 1.82) is 0 Å². The number of nitrogens with one attached hydrogen (secondary N) is 2. The van der Waals surface area contributed by atoms with Gasteiger partial charge >= 0.3 is 0 Å². The summed E-state index contributed by atoms with van der Waals surface area (Å²) in [6.45, 7) is 1.29. The van der Waals surface area contributed by atoms with Crippen LogP contribution in [0.3, 0.4) is 0 Å². The first-order valence-corrected chi connectivity index (χ1v) is 6.82. The van der Waals surface area contributed by atoms with Gasteiger partial charge in [0.1, 0.15) is 5.75 Å². The molecule has 0 bridgehead atoms. The highest BCUT2D eigenvalue weighted by atomic mass is 79.9. The lowest BCUT2D eigenvalue weighted by atomic mass is 10.3. The summed E-state index contributed by atoms with van der Waals surface area (Å²) in [7, 11) is 1.60. The standard InChI is InChI=1S/C13H17BrN2O2/c1-18-12-5-10(14)4-11(6-12)16-13(17)8-15-7-9-2-3-9/h4-6,9,15H,2-3,7-8H2,1H3,(H,16,17). The summed E-state index contributed by atoms with van der Waals surface area (Å²) in [5.41, 5.74) is 0.736. The number of hydrogen-bond acceptors (Lipinski definition) is 3. The highest BCUT2D eigenvalue weighted by molar-refractivity contribution is 9.10. The van der Waals surface area contributed by atoms with Gasteiger partial charge in [0, 0.05) is 16.2 Å². The number of anilines is 1. The summed E-state index contributed by atoms with van der Waals surface area (Å²) in [4.78, 5) is 11.7. The lowest BCUT2D eigenvalue weighted by Gasteiger charge is -2.08. The van der Waals surface area contributed by atoms with E-state index in [-0.39, 0.29) is 5.91 Å². The van der Waals surface area contributed by atoms with Gasteiger partial charge in [0.05, 0.1) is 13.7 Å². The summed E-state index contributed by atoms with van der Waals surface area (Å²) in [5.74, 6) is 1.46. The number of carbonyl (C=O) groups is 1. The van der Waals surface area contributed by atoms with E-state index < -0.39 is 0 Å². The van der Waals surface area contributed by atoms with E-state index in [1.54, 1.807) is 13.2 Å². The molecule has 0 aromatic heterocycles. The van der Waals surface area contributed by atoms with Gasteiger partial charge in [0.25, 0.3) is 0 Å². The van der Waals surface area contributed by atoms with Crippen molar-refractivity contribution in [2.24, 2.45) is 5.92 Å². The Morgan fingerprint density at radius 3 is 2.89 bits per heavy atom. The number of carbonyl (C=O) groups excluding carboxylic acids is 1. The largest absolute Gasteiger partial charge is 0.497 e. The van der Waals surface area contributed by atoms with Crippen LogP contribution in [0, 0.1) is 5.92 Å². The van der Waals surface area contributed by atoms with Crippen LogP contribution in [0.5, 0.6) is 5.75 Å². The molecule has 1 aromatic carbocycles. The summed E-state index contributed by atoms with van der Waals surface area (Å²) in [6.07, 6.45) is 2.58. The molecule has 0 atom stereocenters. The van der Waals surface area contributed by atoms with Crippen molar-refractivity contribution in [1.82, 2.24) is 5.32 Å². The molecule has 4 nitrogen and oxygen atoms in total. The maximum atomic E-state index is 11.7. The number of hydrogen-bond donors (Lipinski definition) is 2. The van der Waals surface area contributed by atoms with E-state index in [9.17, 15) is 4.79 Å². The second-order valence-corrected chi connectivity index (χ2v) is 5.42. The molecule has 1 saturated carbocycles. The molecule has 1 aliphatic rings. The van der Waals surface area contributed by atoms with Crippen LogP contribution in [0.1, 0.15) is 12.8 Å². The summed E-state index contributed by atoms with van der Waals surface area (Å²) >= 11 is 3.38. The van der Waals surface area contributed by atoms with Crippen LogP contribution in [0.4, 0.5) is 5.69 Å². The Balaban J connectivity index is 1.83. The van der Waals surface area contributed by atoms with Gasteiger partial charge in [-0.15, -0.1) is 0 Å². The molecule has 2 rings (SSSR count). The zero-order valence-electron chi connectivity index (χ0n) is 10.3. The summed E-state index contributed by atoms with van der Waals surface area (Å²) in [5, 5.41) is 6.00. The molecular formula is C13H17BrN2O2. The number of methoxy groups -OCH3 is 1. The molecule has 0 radical (unpaired) electrons. The SMILES string of the molecule is COc1cc(Br)cc(NC(=O)CNCC2CC2)c1. The predicted molar refractivity (Wildman–Crippen MR) is 74.9 cm³/mol. The third-order valence-electron chi connectivity index (χ3n) is 2.81. The van der Waals surface area contributed by atoms with Crippen LogP contribution in [-0.2, 0) is 4.79 Å². The second-order valence-electron chi connectivity index (χ2n) is 4.50. The fourth-order valence-electron chi connectivity index (χ4n) is 1.67. The normalized spacial score (nSPS) is 14.3. The number of benzene rings is 1. The first kappa shape index (κ1) is 13.4. The van der Waals surface area contributed by atoms with Gasteiger partial charge in [0.2, 0.25) is 5.91 Å². The molecule has 1 amide bonds. The third-order valence-corrected chi connectivity index (χ3v) is 3.26. The van der Waals surface area contributed by atoms with Crippen LogP contribution in [0.2, 0.25) is 0 Å². The maximum Gasteiger partial charge on any atom is 0.238 e. The molecule has 18 heavy (non-hydrogen) atoms. The third kappa shape index (κ3) is 4.31. The molecule has 1 aromatic rings. The lowest BCUT2D eigenvalue weighted by Crippen LogP contribution is -2.29. The molecule has 0 heterocycles. The van der Waals surface area contributed by atoms with Crippen molar-refractivity contribution in [2.45, 2.75) is 12.8 Å². The Bertz CT molecular complexity index is 433. The minimum absolute atomic E-state index is 0.0317. The van der Waals surface area contributed by atoms with Gasteiger partial charge in [-0.1, -0.05) is 15.9 Å². The molecule has 0 spiro atoms. The smallest absolute Gasteiger partial charge is 0.238 e. The van der Waals surface area contributed by atoms with E-state index in [1.807, 2.05) is 12.1 Å². The van der Waals surface area contributed by atoms with Crippen LogP contribution in [0.25, 0.3) is 0 Å². The molecule has 2 N–H and O–H groups in total. The van der Waals surface area contributed by atoms with E-state index in [0.717, 1.165) is 22.6 Å². The van der Waals surface area contributed by atoms with Gasteiger partial charge in [-0.05, 0) is 37.4 Å². The zero-order chi connectivity index (χ0) is 13.0. The van der Waals surface area contributed by atoms with Crippen LogP contribution in [-0.4, -0.2) is 26.1 Å². The van der Waals surface area contributed by atoms with Crippen molar-refractivity contribution >= 4 is 27.5 Å². The highest BCUT2D eigenvalue weighted by Crippen LogP contribution is 2.27. The number of halogens is 1. The average Bonchev–Trinajstić information content (AvgIpc) is 3.12. The second kappa shape index (κ2) is 6.20. The lowest BCUT2D eigenvalue weighted by molar-refractivity contribution is -0.115. The van der Waals surface area contributed by atoms with E-state index >= 15 is 0 Å². The van der Waals surface area contributed by atoms with E-state index in [2.05, 4.69) is 26.6 Å². The molecule has 1 fully saturated rings. The quantitative estimate of drug-likeness (QED) is 0.848. The Hall–Kier alpha value is -1.07. The van der Waals surface area contributed by atoms with Gasteiger partial charge in [-0.25, -0.2) is 0 Å². The van der Waals surface area contributed by atoms with Crippen LogP contribution >= 0.6 is 15.9 Å². The Labute approximate surface area is 115 Å². The minimum atomic E-state index is -0.0317. The Morgan fingerprint density at radius 2 is 2.22 bits per heavy atom. The molecule has 5 heteroatoms.